The average Bonchev–Trinajstić information content (AvgIpc) is 2.87. The third-order valence-corrected chi connectivity index (χ3v) is 6.03. The summed E-state index contributed by atoms with van der Waals surface area (Å²) >= 11 is 6.30. The van der Waals surface area contributed by atoms with Gasteiger partial charge in [-0.3, -0.25) is 14.6 Å². The summed E-state index contributed by atoms with van der Waals surface area (Å²) in [6.45, 7) is 13.1. The van der Waals surface area contributed by atoms with Crippen LogP contribution in [-0.4, -0.2) is 30.4 Å². The Morgan fingerprint density at radius 3 is 2.49 bits per heavy atom. The molecule has 5 nitrogen and oxygen atoms in total. The third kappa shape index (κ3) is 10.9. The number of rotatable bonds is 13. The molecule has 1 atom stereocenters. The number of carbonyl (C=O) groups excluding carboxylic acids is 2. The van der Waals surface area contributed by atoms with E-state index in [0.29, 0.717) is 5.03 Å². The van der Waals surface area contributed by atoms with E-state index in [1.54, 1.807) is 6.08 Å². The van der Waals surface area contributed by atoms with Crippen molar-refractivity contribution in [2.45, 2.75) is 59.8 Å². The van der Waals surface area contributed by atoms with Crippen LogP contribution in [0.25, 0.3) is 16.3 Å². The fourth-order valence-corrected chi connectivity index (χ4v) is 3.57. The van der Waals surface area contributed by atoms with Gasteiger partial charge in [0.05, 0.1) is 5.69 Å². The maximum atomic E-state index is 11.4. The van der Waals surface area contributed by atoms with Crippen LogP contribution < -0.4 is 10.6 Å². The molecule has 0 bridgehead atoms. The highest BCUT2D eigenvalue weighted by Gasteiger charge is 2.11. The molecule has 0 aliphatic heterocycles. The number of hydrogen-bond acceptors (Lipinski definition) is 3. The molecule has 2 rings (SSSR count). The first-order valence-electron chi connectivity index (χ1n) is 12.4. The van der Waals surface area contributed by atoms with Crippen LogP contribution >= 0.6 is 11.6 Å². The summed E-state index contributed by atoms with van der Waals surface area (Å²) in [5.41, 5.74) is 2.78. The smallest absolute Gasteiger partial charge is 0.222 e. The Kier molecular flexibility index (Phi) is 15.1. The van der Waals surface area contributed by atoms with E-state index in [1.165, 1.54) is 5.39 Å². The minimum atomic E-state index is 0.122. The van der Waals surface area contributed by atoms with Crippen LogP contribution in [0.4, 0.5) is 0 Å². The maximum Gasteiger partial charge on any atom is 0.222 e. The summed E-state index contributed by atoms with van der Waals surface area (Å²) in [5, 5.41) is 8.50. The largest absolute Gasteiger partial charge is 0.359 e. The lowest BCUT2D eigenvalue weighted by Gasteiger charge is -2.10. The van der Waals surface area contributed by atoms with Crippen molar-refractivity contribution in [3.8, 4) is 0 Å². The van der Waals surface area contributed by atoms with Crippen molar-refractivity contribution in [1.82, 2.24) is 15.6 Å². The molecule has 2 aromatic rings. The molecule has 0 saturated carbocycles. The molecule has 1 aromatic heterocycles. The van der Waals surface area contributed by atoms with Gasteiger partial charge in [0.15, 0.2) is 0 Å². The van der Waals surface area contributed by atoms with E-state index in [2.05, 4.69) is 40.4 Å². The van der Waals surface area contributed by atoms with Gasteiger partial charge in [-0.15, -0.1) is 0 Å². The van der Waals surface area contributed by atoms with Crippen LogP contribution in [0.3, 0.4) is 0 Å². The molecule has 2 N–H and O–H groups in total. The lowest BCUT2D eigenvalue weighted by atomic mass is 10.0. The number of allylic oxidation sites excluding steroid dienone is 5. The summed E-state index contributed by atoms with van der Waals surface area (Å²) in [7, 11) is 0. The summed E-state index contributed by atoms with van der Waals surface area (Å²) in [5.74, 6) is 0.280. The van der Waals surface area contributed by atoms with E-state index >= 15 is 0 Å². The summed E-state index contributed by atoms with van der Waals surface area (Å²) in [6.07, 6.45) is 11.4. The fraction of sp³-hybridized carbons (Fsp3) is 0.414. The van der Waals surface area contributed by atoms with Gasteiger partial charge in [0.25, 0.3) is 0 Å². The molecule has 1 unspecified atom stereocenters. The number of amides is 2. The van der Waals surface area contributed by atoms with Crippen LogP contribution in [0.1, 0.15) is 64.3 Å². The number of aryl methyl sites for hydroxylation is 1. The normalized spacial score (nSPS) is 12.4. The van der Waals surface area contributed by atoms with Crippen LogP contribution in [0.15, 0.2) is 60.2 Å². The number of benzene rings is 1. The lowest BCUT2D eigenvalue weighted by Crippen LogP contribution is -2.29. The van der Waals surface area contributed by atoms with Gasteiger partial charge in [-0.05, 0) is 44.6 Å². The molecule has 0 fully saturated rings. The van der Waals surface area contributed by atoms with Crippen molar-refractivity contribution in [3.05, 3.63) is 71.6 Å². The molecule has 0 radical (unpaired) electrons. The molecule has 0 aliphatic rings. The van der Waals surface area contributed by atoms with Crippen molar-refractivity contribution in [2.75, 3.05) is 13.1 Å². The van der Waals surface area contributed by atoms with Crippen LogP contribution in [0, 0.1) is 12.8 Å². The molecule has 0 saturated heterocycles. The number of halogens is 1. The standard InChI is InChI=1S/C17H16ClN.C12H24N2O2/c1-4-8-15(16(18)5-2)17-14-10-7-6-9-13(14)11-12(3)19-17;1-3-11(2)12(16)14-9-7-5-4-6-8-13-10-15/h4-11H,1H2,2-3H3;10-11H,3-9H2,1-2H3,(H,13,15)(H,14,16)/b15-8+,16-5+;. The highest BCUT2D eigenvalue weighted by molar-refractivity contribution is 6.37. The number of nitrogens with zero attached hydrogens (tertiary/aromatic N) is 1. The topological polar surface area (TPSA) is 71.1 Å². The Balaban J connectivity index is 0.000000357. The van der Waals surface area contributed by atoms with Gasteiger partial charge in [-0.1, -0.05) is 87.4 Å². The van der Waals surface area contributed by atoms with Crippen molar-refractivity contribution >= 4 is 40.3 Å². The first-order chi connectivity index (χ1) is 16.9. The molecule has 6 heteroatoms. The summed E-state index contributed by atoms with van der Waals surface area (Å²) in [6, 6.07) is 10.3. The monoisotopic (exact) mass is 497 g/mol. The Hall–Kier alpha value is -2.92. The molecular formula is C29H40ClN3O2. The van der Waals surface area contributed by atoms with Crippen molar-refractivity contribution in [1.29, 1.82) is 0 Å². The highest BCUT2D eigenvalue weighted by atomic mass is 35.5. The summed E-state index contributed by atoms with van der Waals surface area (Å²) < 4.78 is 0. The zero-order valence-electron chi connectivity index (χ0n) is 21.6. The van der Waals surface area contributed by atoms with Crippen LogP contribution in [0.2, 0.25) is 0 Å². The second kappa shape index (κ2) is 17.5. The van der Waals surface area contributed by atoms with Crippen LogP contribution in [-0.2, 0) is 9.59 Å². The van der Waals surface area contributed by atoms with E-state index in [-0.39, 0.29) is 11.8 Å². The van der Waals surface area contributed by atoms with Crippen LogP contribution in [0.5, 0.6) is 0 Å². The zero-order chi connectivity index (χ0) is 26.1. The number of hydrogen-bond donors (Lipinski definition) is 2. The zero-order valence-corrected chi connectivity index (χ0v) is 22.3. The predicted octanol–water partition coefficient (Wildman–Crippen LogP) is 6.71. The van der Waals surface area contributed by atoms with Gasteiger partial charge < -0.3 is 10.6 Å². The molecule has 2 amide bonds. The van der Waals surface area contributed by atoms with Gasteiger partial charge in [-0.25, -0.2) is 0 Å². The second-order valence-corrected chi connectivity index (χ2v) is 8.78. The number of unbranched alkanes of at least 4 members (excludes halogenated alkanes) is 3. The molecule has 35 heavy (non-hydrogen) atoms. The first-order valence-corrected chi connectivity index (χ1v) is 12.7. The third-order valence-electron chi connectivity index (χ3n) is 5.61. The first kappa shape index (κ1) is 30.1. The minimum absolute atomic E-state index is 0.122. The minimum Gasteiger partial charge on any atom is -0.359 e. The molecule has 0 aliphatic carbocycles. The number of nitrogens with one attached hydrogen (secondary N) is 2. The van der Waals surface area contributed by atoms with E-state index < -0.39 is 0 Å². The second-order valence-electron chi connectivity index (χ2n) is 8.37. The highest BCUT2D eigenvalue weighted by Crippen LogP contribution is 2.30. The Bertz CT molecular complexity index is 1010. The van der Waals surface area contributed by atoms with Gasteiger partial charge in [0.2, 0.25) is 12.3 Å². The number of pyridine rings is 1. The van der Waals surface area contributed by atoms with E-state index in [1.807, 2.05) is 52.0 Å². The van der Waals surface area contributed by atoms with Crippen molar-refractivity contribution in [2.24, 2.45) is 5.92 Å². The SMILES string of the molecule is C=C/C=C(\C(Cl)=C/C)c1nc(C)cc2ccccc12.CCC(C)C(=O)NCCCCCCNC=O. The van der Waals surface area contributed by atoms with Gasteiger partial charge in [-0.2, -0.15) is 0 Å². The Morgan fingerprint density at radius 2 is 1.86 bits per heavy atom. The molecule has 1 aromatic carbocycles. The van der Waals surface area contributed by atoms with Crippen molar-refractivity contribution in [3.63, 3.8) is 0 Å². The predicted molar refractivity (Wildman–Crippen MR) is 149 cm³/mol. The van der Waals surface area contributed by atoms with Crippen molar-refractivity contribution < 1.29 is 9.59 Å². The average molecular weight is 498 g/mol. The lowest BCUT2D eigenvalue weighted by molar-refractivity contribution is -0.124. The molecular weight excluding hydrogens is 458 g/mol. The Labute approximate surface area is 215 Å². The van der Waals surface area contributed by atoms with E-state index in [4.69, 9.17) is 11.6 Å². The maximum absolute atomic E-state index is 11.4. The fourth-order valence-electron chi connectivity index (χ4n) is 3.42. The number of fused-ring (bicyclic) bond motifs is 1. The van der Waals surface area contributed by atoms with Gasteiger partial charge in [0.1, 0.15) is 0 Å². The van der Waals surface area contributed by atoms with Gasteiger partial charge >= 0.3 is 0 Å². The summed E-state index contributed by atoms with van der Waals surface area (Å²) in [4.78, 5) is 26.0. The quantitative estimate of drug-likeness (QED) is 0.183. The van der Waals surface area contributed by atoms with Gasteiger partial charge in [0, 0.05) is 40.7 Å². The van der Waals surface area contributed by atoms with E-state index in [0.717, 1.165) is 74.0 Å². The molecule has 190 valence electrons. The molecule has 1 heterocycles. The number of carbonyl (C=O) groups is 2. The Morgan fingerprint density at radius 1 is 1.17 bits per heavy atom. The molecule has 0 spiro atoms. The number of aromatic nitrogens is 1. The van der Waals surface area contributed by atoms with E-state index in [9.17, 15) is 9.59 Å².